The van der Waals surface area contributed by atoms with E-state index in [1.807, 2.05) is 0 Å². The van der Waals surface area contributed by atoms with E-state index >= 15 is 0 Å². The summed E-state index contributed by atoms with van der Waals surface area (Å²) in [5.41, 5.74) is 9.94. The van der Waals surface area contributed by atoms with Crippen LogP contribution in [-0.4, -0.2) is 52.9 Å². The van der Waals surface area contributed by atoms with Crippen LogP contribution in [0.3, 0.4) is 0 Å². The predicted molar refractivity (Wildman–Crippen MR) is 91.5 cm³/mol. The first kappa shape index (κ1) is 18.1. The SMILES string of the molecule is NC(=O)c1cnc2[nH]ccc2c1NN1CCC[C@H](C(=O)NCC(F)F)C1. The van der Waals surface area contributed by atoms with Crippen LogP contribution in [0.15, 0.2) is 18.5 Å². The second-order valence-electron chi connectivity index (χ2n) is 6.18. The molecule has 8 nitrogen and oxygen atoms in total. The first-order valence-corrected chi connectivity index (χ1v) is 8.29. The summed E-state index contributed by atoms with van der Waals surface area (Å²) in [4.78, 5) is 30.9. The summed E-state index contributed by atoms with van der Waals surface area (Å²) in [6.45, 7) is 0.329. The molecular formula is C16H20F2N6O2. The molecule has 1 fully saturated rings. The number of aromatic amines is 1. The molecule has 140 valence electrons. The molecule has 2 aromatic heterocycles. The number of halogens is 2. The third kappa shape index (κ3) is 3.90. The number of nitrogens with one attached hydrogen (secondary N) is 3. The van der Waals surface area contributed by atoms with E-state index in [4.69, 9.17) is 5.73 Å². The monoisotopic (exact) mass is 366 g/mol. The van der Waals surface area contributed by atoms with E-state index in [2.05, 4.69) is 20.7 Å². The van der Waals surface area contributed by atoms with Crippen LogP contribution in [0.2, 0.25) is 0 Å². The number of nitrogens with zero attached hydrogens (tertiary/aromatic N) is 2. The summed E-state index contributed by atoms with van der Waals surface area (Å²) in [5.74, 6) is -1.42. The molecular weight excluding hydrogens is 346 g/mol. The van der Waals surface area contributed by atoms with E-state index in [1.54, 1.807) is 17.3 Å². The van der Waals surface area contributed by atoms with E-state index in [0.29, 0.717) is 42.7 Å². The number of carbonyl (C=O) groups excluding carboxylic acids is 2. The van der Waals surface area contributed by atoms with Gasteiger partial charge >= 0.3 is 0 Å². The van der Waals surface area contributed by atoms with Crippen LogP contribution in [0.4, 0.5) is 14.5 Å². The number of aromatic nitrogens is 2. The third-order valence-corrected chi connectivity index (χ3v) is 4.34. The van der Waals surface area contributed by atoms with Gasteiger partial charge in [0.05, 0.1) is 23.7 Å². The number of fused-ring (bicyclic) bond motifs is 1. The first-order valence-electron chi connectivity index (χ1n) is 8.29. The molecule has 1 saturated heterocycles. The molecule has 2 amide bonds. The zero-order valence-electron chi connectivity index (χ0n) is 14.0. The molecule has 1 aliphatic heterocycles. The van der Waals surface area contributed by atoms with Crippen LogP contribution in [0.25, 0.3) is 11.0 Å². The average Bonchev–Trinajstić information content (AvgIpc) is 3.09. The summed E-state index contributed by atoms with van der Waals surface area (Å²) in [5, 5.41) is 4.75. The smallest absolute Gasteiger partial charge is 0.255 e. The van der Waals surface area contributed by atoms with Gasteiger partial charge in [-0.05, 0) is 18.9 Å². The highest BCUT2D eigenvalue weighted by molar-refractivity contribution is 6.05. The van der Waals surface area contributed by atoms with Crippen LogP contribution in [0.1, 0.15) is 23.2 Å². The third-order valence-electron chi connectivity index (χ3n) is 4.34. The molecule has 1 atom stereocenters. The zero-order valence-corrected chi connectivity index (χ0v) is 14.0. The first-order chi connectivity index (χ1) is 12.5. The molecule has 0 aromatic carbocycles. The lowest BCUT2D eigenvalue weighted by molar-refractivity contribution is -0.127. The van der Waals surface area contributed by atoms with Gasteiger partial charge in [-0.1, -0.05) is 0 Å². The number of alkyl halides is 2. The number of piperidine rings is 1. The Morgan fingerprint density at radius 1 is 1.46 bits per heavy atom. The van der Waals surface area contributed by atoms with Gasteiger partial charge in [-0.3, -0.25) is 9.59 Å². The maximum Gasteiger partial charge on any atom is 0.255 e. The Morgan fingerprint density at radius 2 is 2.27 bits per heavy atom. The van der Waals surface area contributed by atoms with Gasteiger partial charge in [-0.15, -0.1) is 0 Å². The summed E-state index contributed by atoms with van der Waals surface area (Å²) in [7, 11) is 0. The quantitative estimate of drug-likeness (QED) is 0.611. The van der Waals surface area contributed by atoms with Gasteiger partial charge in [0.25, 0.3) is 12.3 Å². The maximum atomic E-state index is 12.3. The molecule has 0 bridgehead atoms. The van der Waals surface area contributed by atoms with Crippen molar-refractivity contribution < 1.29 is 18.4 Å². The molecule has 0 saturated carbocycles. The number of amides is 2. The van der Waals surface area contributed by atoms with Crippen molar-refractivity contribution in [3.05, 3.63) is 24.0 Å². The molecule has 0 unspecified atom stereocenters. The number of H-pyrrole nitrogens is 1. The van der Waals surface area contributed by atoms with Gasteiger partial charge < -0.3 is 21.5 Å². The van der Waals surface area contributed by atoms with Gasteiger partial charge in [0.15, 0.2) is 0 Å². The normalized spacial score (nSPS) is 18.2. The molecule has 0 aliphatic carbocycles. The predicted octanol–water partition coefficient (Wildman–Crippen LogP) is 1.08. The Balaban J connectivity index is 1.75. The Hall–Kier alpha value is -2.75. The Bertz CT molecular complexity index is 809. The topological polar surface area (TPSA) is 116 Å². The van der Waals surface area contributed by atoms with Gasteiger partial charge in [0, 0.05) is 30.9 Å². The Labute approximate surface area is 148 Å². The fraction of sp³-hybridized carbons (Fsp3) is 0.438. The Morgan fingerprint density at radius 3 is 3.00 bits per heavy atom. The second-order valence-corrected chi connectivity index (χ2v) is 6.18. The molecule has 3 rings (SSSR count). The van der Waals surface area contributed by atoms with E-state index in [1.165, 1.54) is 6.20 Å². The lowest BCUT2D eigenvalue weighted by Gasteiger charge is -2.33. The standard InChI is InChI=1S/C16H20F2N6O2/c17-12(18)7-22-16(26)9-2-1-5-24(8-9)23-13-10-3-4-20-15(10)21-6-11(13)14(19)25/h3-4,6,9,12H,1-2,5,7-8H2,(H2,19,25)(H,22,26)(H2,20,21,23)/t9-/m0/s1. The number of rotatable bonds is 6. The number of hydrogen-bond acceptors (Lipinski definition) is 5. The number of nitrogens with two attached hydrogens (primary N) is 1. The maximum absolute atomic E-state index is 12.3. The summed E-state index contributed by atoms with van der Waals surface area (Å²) in [6, 6.07) is 1.77. The highest BCUT2D eigenvalue weighted by Crippen LogP contribution is 2.27. The van der Waals surface area contributed by atoms with Gasteiger partial charge in [-0.2, -0.15) is 0 Å². The minimum absolute atomic E-state index is 0.237. The number of hydrogen-bond donors (Lipinski definition) is 4. The van der Waals surface area contributed by atoms with Crippen molar-refractivity contribution in [2.75, 3.05) is 25.1 Å². The Kier molecular flexibility index (Phi) is 5.31. The minimum atomic E-state index is -2.58. The molecule has 2 aromatic rings. The van der Waals surface area contributed by atoms with E-state index in [0.717, 1.165) is 0 Å². The molecule has 3 heterocycles. The number of hydrazine groups is 1. The number of carbonyl (C=O) groups is 2. The molecule has 0 radical (unpaired) electrons. The number of anilines is 1. The van der Waals surface area contributed by atoms with Crippen molar-refractivity contribution in [3.8, 4) is 0 Å². The van der Waals surface area contributed by atoms with E-state index < -0.39 is 30.7 Å². The van der Waals surface area contributed by atoms with Crippen LogP contribution in [0, 0.1) is 5.92 Å². The van der Waals surface area contributed by atoms with E-state index in [9.17, 15) is 18.4 Å². The van der Waals surface area contributed by atoms with Crippen molar-refractivity contribution in [3.63, 3.8) is 0 Å². The summed E-state index contributed by atoms with van der Waals surface area (Å²) >= 11 is 0. The van der Waals surface area contributed by atoms with Gasteiger partial charge in [0.2, 0.25) is 5.91 Å². The van der Waals surface area contributed by atoms with Crippen molar-refractivity contribution in [2.24, 2.45) is 11.7 Å². The second kappa shape index (κ2) is 7.65. The molecule has 1 aliphatic rings. The molecule has 10 heteroatoms. The fourth-order valence-corrected chi connectivity index (χ4v) is 3.09. The zero-order chi connectivity index (χ0) is 18.7. The summed E-state index contributed by atoms with van der Waals surface area (Å²) in [6.07, 6.45) is 1.84. The van der Waals surface area contributed by atoms with Crippen LogP contribution >= 0.6 is 0 Å². The van der Waals surface area contributed by atoms with Crippen LogP contribution < -0.4 is 16.5 Å². The highest BCUT2D eigenvalue weighted by atomic mass is 19.3. The highest BCUT2D eigenvalue weighted by Gasteiger charge is 2.27. The van der Waals surface area contributed by atoms with Crippen molar-refractivity contribution in [1.82, 2.24) is 20.3 Å². The van der Waals surface area contributed by atoms with Crippen molar-refractivity contribution >= 4 is 28.5 Å². The fourth-order valence-electron chi connectivity index (χ4n) is 3.09. The van der Waals surface area contributed by atoms with Crippen LogP contribution in [0.5, 0.6) is 0 Å². The lowest BCUT2D eigenvalue weighted by Crippen LogP contribution is -2.46. The van der Waals surface area contributed by atoms with Crippen LogP contribution in [-0.2, 0) is 4.79 Å². The van der Waals surface area contributed by atoms with E-state index in [-0.39, 0.29) is 5.56 Å². The van der Waals surface area contributed by atoms with Crippen molar-refractivity contribution in [1.29, 1.82) is 0 Å². The average molecular weight is 366 g/mol. The summed E-state index contributed by atoms with van der Waals surface area (Å²) < 4.78 is 24.5. The number of primary amides is 1. The molecule has 26 heavy (non-hydrogen) atoms. The van der Waals surface area contributed by atoms with Gasteiger partial charge in [0.1, 0.15) is 5.65 Å². The number of pyridine rings is 1. The largest absolute Gasteiger partial charge is 0.365 e. The minimum Gasteiger partial charge on any atom is -0.365 e. The van der Waals surface area contributed by atoms with Crippen molar-refractivity contribution in [2.45, 2.75) is 19.3 Å². The molecule has 5 N–H and O–H groups in total. The van der Waals surface area contributed by atoms with Gasteiger partial charge in [-0.25, -0.2) is 18.8 Å². The molecule has 0 spiro atoms. The lowest BCUT2D eigenvalue weighted by atomic mass is 9.98.